The van der Waals surface area contributed by atoms with Crippen molar-refractivity contribution < 1.29 is 13.9 Å². The lowest BCUT2D eigenvalue weighted by atomic mass is 9.84. The topological polar surface area (TPSA) is 24.9 Å². The lowest BCUT2D eigenvalue weighted by Gasteiger charge is -2.35. The Hall–Kier alpha value is -2.11. The third-order valence-corrected chi connectivity index (χ3v) is 6.58. The Bertz CT molecular complexity index is 821. The van der Waals surface area contributed by atoms with Crippen LogP contribution in [0.1, 0.15) is 48.3 Å². The van der Waals surface area contributed by atoms with Crippen molar-refractivity contribution in [3.63, 3.8) is 0 Å². The van der Waals surface area contributed by atoms with Crippen molar-refractivity contribution in [3.8, 4) is 11.5 Å². The number of likely N-dealkylation sites (tertiary alicyclic amines) is 1. The molecule has 2 aliphatic rings. The van der Waals surface area contributed by atoms with Crippen LogP contribution in [0.5, 0.6) is 11.5 Å². The molecule has 1 fully saturated rings. The molecule has 0 aromatic heterocycles. The van der Waals surface area contributed by atoms with E-state index in [9.17, 15) is 4.39 Å². The molecule has 1 atom stereocenters. The quantitative estimate of drug-likeness (QED) is 0.534. The van der Waals surface area contributed by atoms with E-state index in [1.165, 1.54) is 49.0 Å². The Labute approximate surface area is 185 Å². The predicted octanol–water partition coefficient (Wildman–Crippen LogP) is 4.87. The highest BCUT2D eigenvalue weighted by molar-refractivity contribution is 5.45. The van der Waals surface area contributed by atoms with Gasteiger partial charge in [0.15, 0.2) is 0 Å². The monoisotopic (exact) mass is 426 g/mol. The van der Waals surface area contributed by atoms with E-state index in [0.29, 0.717) is 6.54 Å². The number of rotatable bonds is 9. The molecule has 2 aliphatic heterocycles. The van der Waals surface area contributed by atoms with Crippen molar-refractivity contribution >= 4 is 0 Å². The summed E-state index contributed by atoms with van der Waals surface area (Å²) in [5, 5.41) is 0. The van der Waals surface area contributed by atoms with Gasteiger partial charge in [0.05, 0.1) is 13.7 Å². The summed E-state index contributed by atoms with van der Waals surface area (Å²) < 4.78 is 24.5. The number of nitrogens with zero attached hydrogens (tertiary/aromatic N) is 2. The molecule has 0 N–H and O–H groups in total. The van der Waals surface area contributed by atoms with Gasteiger partial charge in [-0.15, -0.1) is 0 Å². The van der Waals surface area contributed by atoms with Crippen molar-refractivity contribution in [2.24, 2.45) is 0 Å². The van der Waals surface area contributed by atoms with E-state index >= 15 is 0 Å². The van der Waals surface area contributed by atoms with Crippen LogP contribution < -0.4 is 9.47 Å². The Morgan fingerprint density at radius 2 is 1.71 bits per heavy atom. The molecule has 168 valence electrons. The average molecular weight is 427 g/mol. The van der Waals surface area contributed by atoms with E-state index in [1.807, 2.05) is 12.1 Å². The smallest absolute Gasteiger partial charge is 0.119 e. The second-order valence-electron chi connectivity index (χ2n) is 8.71. The lowest BCUT2D eigenvalue weighted by Crippen LogP contribution is -2.35. The fraction of sp³-hybridized carbons (Fsp3) is 0.538. The molecule has 2 heterocycles. The summed E-state index contributed by atoms with van der Waals surface area (Å²) in [4.78, 5) is 4.76. The standard InChI is InChI=1S/C26H35FN2O2/c1-30-23-8-6-21(7-9-23)26-20-29(16-12-27)19-22-18-24(10-11-25(22)26)31-17-5-15-28-13-3-2-4-14-28/h6-11,18,26H,2-5,12-17,19-20H2,1H3. The third-order valence-electron chi connectivity index (χ3n) is 6.58. The highest BCUT2D eigenvalue weighted by atomic mass is 19.1. The molecule has 5 heteroatoms. The Kier molecular flexibility index (Phi) is 7.81. The zero-order valence-corrected chi connectivity index (χ0v) is 18.7. The van der Waals surface area contributed by atoms with Gasteiger partial charge in [-0.1, -0.05) is 24.6 Å². The largest absolute Gasteiger partial charge is 0.497 e. The Morgan fingerprint density at radius 1 is 0.935 bits per heavy atom. The molecule has 31 heavy (non-hydrogen) atoms. The number of fused-ring (bicyclic) bond motifs is 1. The number of ether oxygens (including phenoxy) is 2. The molecule has 0 aliphatic carbocycles. The van der Waals surface area contributed by atoms with Crippen LogP contribution in [0.25, 0.3) is 0 Å². The summed E-state index contributed by atoms with van der Waals surface area (Å²) >= 11 is 0. The van der Waals surface area contributed by atoms with E-state index in [4.69, 9.17) is 9.47 Å². The molecule has 0 amide bonds. The van der Waals surface area contributed by atoms with Crippen LogP contribution in [0.15, 0.2) is 42.5 Å². The number of piperidine rings is 1. The minimum Gasteiger partial charge on any atom is -0.497 e. The van der Waals surface area contributed by atoms with Gasteiger partial charge in [0.2, 0.25) is 0 Å². The van der Waals surface area contributed by atoms with Crippen molar-refractivity contribution in [2.45, 2.75) is 38.1 Å². The number of methoxy groups -OCH3 is 1. The first kappa shape index (κ1) is 22.1. The molecule has 2 aromatic carbocycles. The molecule has 4 nitrogen and oxygen atoms in total. The van der Waals surface area contributed by atoms with Crippen LogP contribution in [-0.4, -0.2) is 62.9 Å². The molecule has 0 spiro atoms. The van der Waals surface area contributed by atoms with Crippen LogP contribution >= 0.6 is 0 Å². The van der Waals surface area contributed by atoms with Gasteiger partial charge in [-0.25, -0.2) is 4.39 Å². The zero-order valence-electron chi connectivity index (χ0n) is 18.7. The summed E-state index contributed by atoms with van der Waals surface area (Å²) in [6, 6.07) is 14.7. The first-order valence-corrected chi connectivity index (χ1v) is 11.7. The second-order valence-corrected chi connectivity index (χ2v) is 8.71. The van der Waals surface area contributed by atoms with Crippen LogP contribution in [0.2, 0.25) is 0 Å². The van der Waals surface area contributed by atoms with Crippen LogP contribution in [0.3, 0.4) is 0 Å². The van der Waals surface area contributed by atoms with Gasteiger partial charge in [0, 0.05) is 32.1 Å². The van der Waals surface area contributed by atoms with E-state index in [-0.39, 0.29) is 12.6 Å². The number of hydrogen-bond acceptors (Lipinski definition) is 4. The van der Waals surface area contributed by atoms with E-state index in [1.54, 1.807) is 7.11 Å². The molecular formula is C26H35FN2O2. The van der Waals surface area contributed by atoms with E-state index in [0.717, 1.165) is 44.2 Å². The number of alkyl halides is 1. The maximum absolute atomic E-state index is 13.1. The number of halogens is 1. The van der Waals surface area contributed by atoms with Gasteiger partial charge in [0.1, 0.15) is 18.2 Å². The maximum atomic E-state index is 13.1. The SMILES string of the molecule is COc1ccc(C2CN(CCF)Cc3cc(OCCCN4CCCCC4)ccc32)cc1. The third kappa shape index (κ3) is 5.78. The normalized spacial score (nSPS) is 19.7. The highest BCUT2D eigenvalue weighted by Gasteiger charge is 2.27. The molecule has 2 aromatic rings. The van der Waals surface area contributed by atoms with Gasteiger partial charge in [0.25, 0.3) is 0 Å². The van der Waals surface area contributed by atoms with Crippen LogP contribution in [0.4, 0.5) is 4.39 Å². The summed E-state index contributed by atoms with van der Waals surface area (Å²) in [7, 11) is 1.68. The molecule has 0 radical (unpaired) electrons. The predicted molar refractivity (Wildman–Crippen MR) is 123 cm³/mol. The minimum atomic E-state index is -0.322. The summed E-state index contributed by atoms with van der Waals surface area (Å²) in [6.07, 6.45) is 5.09. The van der Waals surface area contributed by atoms with E-state index < -0.39 is 0 Å². The number of benzene rings is 2. The maximum Gasteiger partial charge on any atom is 0.119 e. The first-order valence-electron chi connectivity index (χ1n) is 11.7. The molecule has 4 rings (SSSR count). The highest BCUT2D eigenvalue weighted by Crippen LogP contribution is 2.36. The summed E-state index contributed by atoms with van der Waals surface area (Å²) in [6.45, 7) is 6.08. The zero-order chi connectivity index (χ0) is 21.5. The van der Waals surface area contributed by atoms with Crippen LogP contribution in [-0.2, 0) is 6.54 Å². The second kappa shape index (κ2) is 11.0. The minimum absolute atomic E-state index is 0.231. The molecule has 0 saturated carbocycles. The van der Waals surface area contributed by atoms with E-state index in [2.05, 4.69) is 40.1 Å². The lowest BCUT2D eigenvalue weighted by molar-refractivity contribution is 0.204. The summed E-state index contributed by atoms with van der Waals surface area (Å²) in [5.41, 5.74) is 3.80. The first-order chi connectivity index (χ1) is 15.3. The van der Waals surface area contributed by atoms with Gasteiger partial charge in [-0.2, -0.15) is 0 Å². The molecule has 1 unspecified atom stereocenters. The molecule has 1 saturated heterocycles. The Morgan fingerprint density at radius 3 is 2.45 bits per heavy atom. The van der Waals surface area contributed by atoms with Crippen molar-refractivity contribution in [1.29, 1.82) is 0 Å². The Balaban J connectivity index is 1.43. The van der Waals surface area contributed by atoms with Gasteiger partial charge < -0.3 is 14.4 Å². The molecule has 0 bridgehead atoms. The van der Waals surface area contributed by atoms with Gasteiger partial charge in [-0.05, 0) is 73.3 Å². The summed E-state index contributed by atoms with van der Waals surface area (Å²) in [5.74, 6) is 2.01. The van der Waals surface area contributed by atoms with Crippen molar-refractivity contribution in [1.82, 2.24) is 9.80 Å². The number of hydrogen-bond donors (Lipinski definition) is 0. The molecular weight excluding hydrogens is 391 g/mol. The van der Waals surface area contributed by atoms with Gasteiger partial charge in [-0.3, -0.25) is 4.90 Å². The van der Waals surface area contributed by atoms with Crippen LogP contribution in [0, 0.1) is 0 Å². The fourth-order valence-electron chi connectivity index (χ4n) is 4.88. The average Bonchev–Trinajstić information content (AvgIpc) is 2.82. The fourth-order valence-corrected chi connectivity index (χ4v) is 4.88. The van der Waals surface area contributed by atoms with Crippen molar-refractivity contribution in [3.05, 3.63) is 59.2 Å². The van der Waals surface area contributed by atoms with Gasteiger partial charge >= 0.3 is 0 Å². The van der Waals surface area contributed by atoms with Crippen molar-refractivity contribution in [2.75, 3.05) is 53.1 Å².